The summed E-state index contributed by atoms with van der Waals surface area (Å²) in [6.07, 6.45) is 1.88. The number of rotatable bonds is 2. The second-order valence-electron chi connectivity index (χ2n) is 5.53. The SMILES string of the molecule is CCN1CCN(c2ccnc3cc(N)ccc23)CC1C. The molecule has 2 N–H and O–H groups in total. The van der Waals surface area contributed by atoms with Crippen molar-refractivity contribution in [3.63, 3.8) is 0 Å². The highest BCUT2D eigenvalue weighted by molar-refractivity contribution is 5.93. The fraction of sp³-hybridized carbons (Fsp3) is 0.438. The van der Waals surface area contributed by atoms with Crippen molar-refractivity contribution in [3.8, 4) is 0 Å². The minimum Gasteiger partial charge on any atom is -0.399 e. The van der Waals surface area contributed by atoms with Gasteiger partial charge in [-0.1, -0.05) is 6.92 Å². The first kappa shape index (κ1) is 13.2. The van der Waals surface area contributed by atoms with Gasteiger partial charge in [0.2, 0.25) is 0 Å². The van der Waals surface area contributed by atoms with Crippen LogP contribution in [0, 0.1) is 0 Å². The maximum atomic E-state index is 5.85. The zero-order valence-corrected chi connectivity index (χ0v) is 12.2. The number of nitrogens with zero attached hydrogens (tertiary/aromatic N) is 3. The first-order valence-electron chi connectivity index (χ1n) is 7.32. The van der Waals surface area contributed by atoms with Crippen molar-refractivity contribution in [2.75, 3.05) is 36.8 Å². The third-order valence-electron chi connectivity index (χ3n) is 4.26. The van der Waals surface area contributed by atoms with Gasteiger partial charge in [-0.15, -0.1) is 0 Å². The molecule has 1 saturated heterocycles. The van der Waals surface area contributed by atoms with Gasteiger partial charge in [-0.3, -0.25) is 9.88 Å². The molecule has 1 aliphatic heterocycles. The maximum Gasteiger partial charge on any atom is 0.0743 e. The average molecular weight is 270 g/mol. The van der Waals surface area contributed by atoms with Gasteiger partial charge in [-0.05, 0) is 37.7 Å². The lowest BCUT2D eigenvalue weighted by Gasteiger charge is -2.40. The molecule has 1 aliphatic rings. The number of nitrogen functional groups attached to an aromatic ring is 1. The van der Waals surface area contributed by atoms with Crippen molar-refractivity contribution in [2.24, 2.45) is 0 Å². The van der Waals surface area contributed by atoms with Crippen molar-refractivity contribution < 1.29 is 0 Å². The molecule has 0 radical (unpaired) electrons. The second-order valence-corrected chi connectivity index (χ2v) is 5.53. The lowest BCUT2D eigenvalue weighted by molar-refractivity contribution is 0.199. The summed E-state index contributed by atoms with van der Waals surface area (Å²) < 4.78 is 0. The Labute approximate surface area is 120 Å². The molecular weight excluding hydrogens is 248 g/mol. The van der Waals surface area contributed by atoms with Gasteiger partial charge in [-0.25, -0.2) is 0 Å². The molecule has 20 heavy (non-hydrogen) atoms. The van der Waals surface area contributed by atoms with E-state index in [1.165, 1.54) is 11.1 Å². The van der Waals surface area contributed by atoms with Crippen LogP contribution in [0.25, 0.3) is 10.9 Å². The Bertz CT molecular complexity index is 610. The van der Waals surface area contributed by atoms with Gasteiger partial charge in [-0.2, -0.15) is 0 Å². The van der Waals surface area contributed by atoms with Crippen LogP contribution in [-0.4, -0.2) is 42.1 Å². The fourth-order valence-electron chi connectivity index (χ4n) is 3.11. The van der Waals surface area contributed by atoms with Crippen LogP contribution in [0.15, 0.2) is 30.5 Å². The number of benzene rings is 1. The molecule has 0 spiro atoms. The predicted octanol–water partition coefficient (Wildman–Crippen LogP) is 2.35. The van der Waals surface area contributed by atoms with E-state index in [0.717, 1.165) is 37.4 Å². The van der Waals surface area contributed by atoms with Crippen LogP contribution >= 0.6 is 0 Å². The maximum absolute atomic E-state index is 5.85. The lowest BCUT2D eigenvalue weighted by Crippen LogP contribution is -2.51. The molecule has 1 unspecified atom stereocenters. The first-order valence-corrected chi connectivity index (χ1v) is 7.32. The van der Waals surface area contributed by atoms with E-state index in [1.807, 2.05) is 18.3 Å². The van der Waals surface area contributed by atoms with Crippen LogP contribution in [0.5, 0.6) is 0 Å². The topological polar surface area (TPSA) is 45.4 Å². The van der Waals surface area contributed by atoms with Crippen molar-refractivity contribution in [1.29, 1.82) is 0 Å². The lowest BCUT2D eigenvalue weighted by atomic mass is 10.1. The van der Waals surface area contributed by atoms with Crippen molar-refractivity contribution >= 4 is 22.3 Å². The first-order chi connectivity index (χ1) is 9.69. The minimum atomic E-state index is 0.589. The molecule has 4 nitrogen and oxygen atoms in total. The van der Waals surface area contributed by atoms with Gasteiger partial charge in [0.1, 0.15) is 0 Å². The fourth-order valence-corrected chi connectivity index (χ4v) is 3.11. The zero-order chi connectivity index (χ0) is 14.1. The van der Waals surface area contributed by atoms with Crippen LogP contribution in [0.4, 0.5) is 11.4 Å². The van der Waals surface area contributed by atoms with Crippen LogP contribution in [0.3, 0.4) is 0 Å². The monoisotopic (exact) mass is 270 g/mol. The molecule has 3 rings (SSSR count). The van der Waals surface area contributed by atoms with E-state index in [0.29, 0.717) is 6.04 Å². The Hall–Kier alpha value is -1.81. The van der Waals surface area contributed by atoms with Gasteiger partial charge < -0.3 is 10.6 Å². The van der Waals surface area contributed by atoms with Crippen LogP contribution in [0.1, 0.15) is 13.8 Å². The number of fused-ring (bicyclic) bond motifs is 1. The van der Waals surface area contributed by atoms with Crippen molar-refractivity contribution in [1.82, 2.24) is 9.88 Å². The standard InChI is InChI=1S/C16H22N4/c1-3-19-8-9-20(11-12(19)2)16-6-7-18-15-10-13(17)4-5-14(15)16/h4-7,10,12H,3,8-9,11,17H2,1-2H3. The number of hydrogen-bond donors (Lipinski definition) is 1. The Morgan fingerprint density at radius 3 is 2.90 bits per heavy atom. The molecule has 106 valence electrons. The normalized spacial score (nSPS) is 20.5. The molecule has 0 amide bonds. The molecule has 0 bridgehead atoms. The van der Waals surface area contributed by atoms with Gasteiger partial charge in [0, 0.05) is 48.6 Å². The molecule has 1 aromatic heterocycles. The van der Waals surface area contributed by atoms with E-state index in [4.69, 9.17) is 5.73 Å². The van der Waals surface area contributed by atoms with Crippen LogP contribution in [-0.2, 0) is 0 Å². The van der Waals surface area contributed by atoms with Crippen LogP contribution in [0.2, 0.25) is 0 Å². The Morgan fingerprint density at radius 2 is 2.15 bits per heavy atom. The molecule has 0 saturated carbocycles. The summed E-state index contributed by atoms with van der Waals surface area (Å²) in [4.78, 5) is 9.43. The predicted molar refractivity (Wildman–Crippen MR) is 85.1 cm³/mol. The van der Waals surface area contributed by atoms with Crippen molar-refractivity contribution in [2.45, 2.75) is 19.9 Å². The van der Waals surface area contributed by atoms with Gasteiger partial charge in [0.25, 0.3) is 0 Å². The third kappa shape index (κ3) is 2.31. The number of anilines is 2. The molecule has 0 aliphatic carbocycles. The highest BCUT2D eigenvalue weighted by Crippen LogP contribution is 2.28. The van der Waals surface area contributed by atoms with Gasteiger partial charge >= 0.3 is 0 Å². The third-order valence-corrected chi connectivity index (χ3v) is 4.26. The van der Waals surface area contributed by atoms with E-state index >= 15 is 0 Å². The van der Waals surface area contributed by atoms with Crippen molar-refractivity contribution in [3.05, 3.63) is 30.5 Å². The molecule has 2 heterocycles. The number of hydrogen-bond acceptors (Lipinski definition) is 4. The molecule has 4 heteroatoms. The summed E-state index contributed by atoms with van der Waals surface area (Å²) >= 11 is 0. The smallest absolute Gasteiger partial charge is 0.0743 e. The summed E-state index contributed by atoms with van der Waals surface area (Å²) in [5.41, 5.74) is 8.88. The average Bonchev–Trinajstić information content (AvgIpc) is 2.46. The Kier molecular flexibility index (Phi) is 3.49. The summed E-state index contributed by atoms with van der Waals surface area (Å²) in [6.45, 7) is 8.92. The molecule has 1 fully saturated rings. The quantitative estimate of drug-likeness (QED) is 0.851. The zero-order valence-electron chi connectivity index (χ0n) is 12.2. The van der Waals surface area contributed by atoms with E-state index in [1.54, 1.807) is 0 Å². The highest BCUT2D eigenvalue weighted by Gasteiger charge is 2.23. The largest absolute Gasteiger partial charge is 0.399 e. The van der Waals surface area contributed by atoms with Gasteiger partial charge in [0.05, 0.1) is 5.52 Å². The van der Waals surface area contributed by atoms with E-state index in [-0.39, 0.29) is 0 Å². The number of likely N-dealkylation sites (N-methyl/N-ethyl adjacent to an activating group) is 1. The van der Waals surface area contributed by atoms with Crippen LogP contribution < -0.4 is 10.6 Å². The molecule has 1 atom stereocenters. The number of piperazine rings is 1. The summed E-state index contributed by atoms with van der Waals surface area (Å²) in [7, 11) is 0. The number of nitrogens with two attached hydrogens (primary N) is 1. The molecule has 1 aromatic carbocycles. The van der Waals surface area contributed by atoms with E-state index in [2.05, 4.69) is 40.8 Å². The van der Waals surface area contributed by atoms with E-state index < -0.39 is 0 Å². The number of aromatic nitrogens is 1. The number of pyridine rings is 1. The minimum absolute atomic E-state index is 0.589. The second kappa shape index (κ2) is 5.29. The summed E-state index contributed by atoms with van der Waals surface area (Å²) in [6, 6.07) is 8.70. The Morgan fingerprint density at radius 1 is 1.30 bits per heavy atom. The molecule has 2 aromatic rings. The summed E-state index contributed by atoms with van der Waals surface area (Å²) in [5, 5.41) is 1.19. The Balaban J connectivity index is 1.95. The molecular formula is C16H22N4. The highest BCUT2D eigenvalue weighted by atomic mass is 15.3. The summed E-state index contributed by atoms with van der Waals surface area (Å²) in [5.74, 6) is 0. The van der Waals surface area contributed by atoms with E-state index in [9.17, 15) is 0 Å². The van der Waals surface area contributed by atoms with Gasteiger partial charge in [0.15, 0.2) is 0 Å².